The van der Waals surface area contributed by atoms with Gasteiger partial charge in [-0.25, -0.2) is 0 Å². The van der Waals surface area contributed by atoms with E-state index in [0.29, 0.717) is 0 Å². The minimum atomic E-state index is 0.211. The maximum absolute atomic E-state index is 5.93. The molecule has 2 atom stereocenters. The molecule has 106 valence electrons. The summed E-state index contributed by atoms with van der Waals surface area (Å²) in [5.41, 5.74) is 1.15. The van der Waals surface area contributed by atoms with Gasteiger partial charge in [-0.1, -0.05) is 6.92 Å². The lowest BCUT2D eigenvalue weighted by atomic mass is 9.96. The summed E-state index contributed by atoms with van der Waals surface area (Å²) in [6.07, 6.45) is 8.53. The van der Waals surface area contributed by atoms with Gasteiger partial charge in [-0.2, -0.15) is 0 Å². The van der Waals surface area contributed by atoms with Crippen molar-refractivity contribution in [2.24, 2.45) is 0 Å². The maximum Gasteiger partial charge on any atom is 0.137 e. The first-order chi connectivity index (χ1) is 9.35. The Morgan fingerprint density at radius 1 is 1.47 bits per heavy atom. The van der Waals surface area contributed by atoms with E-state index in [2.05, 4.69) is 23.3 Å². The Kier molecular flexibility index (Phi) is 5.61. The number of nitrogens with one attached hydrogen (secondary N) is 1. The van der Waals surface area contributed by atoms with Gasteiger partial charge in [0.25, 0.3) is 0 Å². The maximum atomic E-state index is 5.93. The first kappa shape index (κ1) is 14.3. The van der Waals surface area contributed by atoms with Gasteiger partial charge in [0.2, 0.25) is 0 Å². The molecular formula is C15H24N2O2. The monoisotopic (exact) mass is 264 g/mol. The third-order valence-corrected chi connectivity index (χ3v) is 3.53. The lowest BCUT2D eigenvalue weighted by Crippen LogP contribution is -2.36. The summed E-state index contributed by atoms with van der Waals surface area (Å²) in [6, 6.07) is 2.26. The van der Waals surface area contributed by atoms with Crippen molar-refractivity contribution in [1.29, 1.82) is 0 Å². The largest absolute Gasteiger partial charge is 0.495 e. The second-order valence-corrected chi connectivity index (χ2v) is 4.99. The van der Waals surface area contributed by atoms with E-state index in [0.717, 1.165) is 37.3 Å². The van der Waals surface area contributed by atoms with Crippen LogP contribution >= 0.6 is 0 Å². The van der Waals surface area contributed by atoms with Crippen LogP contribution in [0.5, 0.6) is 5.75 Å². The van der Waals surface area contributed by atoms with Gasteiger partial charge in [-0.15, -0.1) is 0 Å². The molecule has 0 spiro atoms. The molecule has 1 aromatic rings. The van der Waals surface area contributed by atoms with Crippen LogP contribution in [-0.2, 0) is 4.74 Å². The van der Waals surface area contributed by atoms with Gasteiger partial charge >= 0.3 is 0 Å². The summed E-state index contributed by atoms with van der Waals surface area (Å²) in [7, 11) is 1.67. The summed E-state index contributed by atoms with van der Waals surface area (Å²) in [4.78, 5) is 4.26. The average molecular weight is 264 g/mol. The molecule has 4 nitrogen and oxygen atoms in total. The summed E-state index contributed by atoms with van der Waals surface area (Å²) < 4.78 is 11.2. The molecule has 0 amide bonds. The predicted molar refractivity (Wildman–Crippen MR) is 75.4 cm³/mol. The predicted octanol–water partition coefficient (Wildman–Crippen LogP) is 2.70. The van der Waals surface area contributed by atoms with Crippen LogP contribution < -0.4 is 10.1 Å². The second kappa shape index (κ2) is 7.46. The molecule has 1 saturated heterocycles. The van der Waals surface area contributed by atoms with Crippen molar-refractivity contribution in [3.05, 3.63) is 24.0 Å². The highest BCUT2D eigenvalue weighted by atomic mass is 16.5. The Labute approximate surface area is 115 Å². The third-order valence-electron chi connectivity index (χ3n) is 3.53. The molecule has 0 saturated carbocycles. The normalized spacial score (nSPS) is 21.1. The Hall–Kier alpha value is -1.13. The van der Waals surface area contributed by atoms with E-state index in [9.17, 15) is 0 Å². The van der Waals surface area contributed by atoms with E-state index in [-0.39, 0.29) is 12.1 Å². The number of hydrogen-bond acceptors (Lipinski definition) is 4. The molecule has 1 aromatic heterocycles. The van der Waals surface area contributed by atoms with Gasteiger partial charge in [0.1, 0.15) is 5.75 Å². The number of rotatable bonds is 6. The highest BCUT2D eigenvalue weighted by Gasteiger charge is 2.25. The van der Waals surface area contributed by atoms with Crippen molar-refractivity contribution in [3.8, 4) is 5.75 Å². The summed E-state index contributed by atoms with van der Waals surface area (Å²) >= 11 is 0. The fraction of sp³-hybridized carbons (Fsp3) is 0.667. The number of methoxy groups -OCH3 is 1. The SMILES string of the molecule is CCCNC(c1cncc(OC)c1)C1CCCCO1. The molecule has 1 N–H and O–H groups in total. The van der Waals surface area contributed by atoms with Gasteiger partial charge in [0, 0.05) is 12.8 Å². The smallest absolute Gasteiger partial charge is 0.137 e. The zero-order valence-corrected chi connectivity index (χ0v) is 11.9. The molecule has 2 rings (SSSR count). The van der Waals surface area contributed by atoms with Crippen LogP contribution in [0.1, 0.15) is 44.2 Å². The third kappa shape index (κ3) is 3.91. The molecule has 4 heteroatoms. The van der Waals surface area contributed by atoms with Crippen LogP contribution in [0.3, 0.4) is 0 Å². The van der Waals surface area contributed by atoms with Crippen LogP contribution in [0.4, 0.5) is 0 Å². The molecule has 1 aliphatic heterocycles. The first-order valence-electron chi connectivity index (χ1n) is 7.19. The van der Waals surface area contributed by atoms with Crippen LogP contribution in [-0.4, -0.2) is 31.3 Å². The topological polar surface area (TPSA) is 43.4 Å². The highest BCUT2D eigenvalue weighted by molar-refractivity contribution is 5.26. The fourth-order valence-electron chi connectivity index (χ4n) is 2.51. The van der Waals surface area contributed by atoms with E-state index in [1.54, 1.807) is 13.3 Å². The Balaban J connectivity index is 2.14. The fourth-order valence-corrected chi connectivity index (χ4v) is 2.51. The van der Waals surface area contributed by atoms with Crippen LogP contribution in [0.2, 0.25) is 0 Å². The number of nitrogens with zero attached hydrogens (tertiary/aromatic N) is 1. The molecule has 2 unspecified atom stereocenters. The molecule has 0 bridgehead atoms. The van der Waals surface area contributed by atoms with Crippen molar-refractivity contribution in [2.45, 2.75) is 44.8 Å². The Bertz CT molecular complexity index is 378. The zero-order valence-electron chi connectivity index (χ0n) is 11.9. The molecule has 0 aromatic carbocycles. The number of ether oxygens (including phenoxy) is 2. The van der Waals surface area contributed by atoms with Crippen LogP contribution in [0.15, 0.2) is 18.5 Å². The molecule has 1 aliphatic rings. The Morgan fingerprint density at radius 2 is 2.37 bits per heavy atom. The lowest BCUT2D eigenvalue weighted by molar-refractivity contribution is -0.00825. The van der Waals surface area contributed by atoms with Crippen molar-refractivity contribution in [2.75, 3.05) is 20.3 Å². The van der Waals surface area contributed by atoms with Crippen molar-refractivity contribution in [1.82, 2.24) is 10.3 Å². The standard InChI is InChI=1S/C15H24N2O2/c1-3-7-17-15(14-6-4-5-8-19-14)12-9-13(18-2)11-16-10-12/h9-11,14-15,17H,3-8H2,1-2H3. The summed E-state index contributed by atoms with van der Waals surface area (Å²) in [5.74, 6) is 0.802. The number of aromatic nitrogens is 1. The lowest BCUT2D eigenvalue weighted by Gasteiger charge is -2.31. The number of pyridine rings is 1. The van der Waals surface area contributed by atoms with Gasteiger partial charge < -0.3 is 14.8 Å². The molecule has 1 fully saturated rings. The van der Waals surface area contributed by atoms with Gasteiger partial charge in [-0.3, -0.25) is 4.98 Å². The summed E-state index contributed by atoms with van der Waals surface area (Å²) in [5, 5.41) is 3.59. The van der Waals surface area contributed by atoms with E-state index in [4.69, 9.17) is 9.47 Å². The van der Waals surface area contributed by atoms with Crippen molar-refractivity contribution < 1.29 is 9.47 Å². The molecule has 0 radical (unpaired) electrons. The van der Waals surface area contributed by atoms with Crippen molar-refractivity contribution >= 4 is 0 Å². The number of hydrogen-bond donors (Lipinski definition) is 1. The molecule has 19 heavy (non-hydrogen) atoms. The van der Waals surface area contributed by atoms with Crippen LogP contribution in [0, 0.1) is 0 Å². The average Bonchev–Trinajstić information content (AvgIpc) is 2.49. The molecular weight excluding hydrogens is 240 g/mol. The second-order valence-electron chi connectivity index (χ2n) is 4.99. The van der Waals surface area contributed by atoms with Gasteiger partial charge in [0.15, 0.2) is 0 Å². The first-order valence-corrected chi connectivity index (χ1v) is 7.19. The highest BCUT2D eigenvalue weighted by Crippen LogP contribution is 2.27. The van der Waals surface area contributed by atoms with Crippen LogP contribution in [0.25, 0.3) is 0 Å². The minimum Gasteiger partial charge on any atom is -0.495 e. The van der Waals surface area contributed by atoms with E-state index in [1.165, 1.54) is 12.8 Å². The quantitative estimate of drug-likeness (QED) is 0.858. The molecule has 0 aliphatic carbocycles. The van der Waals surface area contributed by atoms with E-state index >= 15 is 0 Å². The minimum absolute atomic E-state index is 0.211. The van der Waals surface area contributed by atoms with Gasteiger partial charge in [0.05, 0.1) is 25.5 Å². The van der Waals surface area contributed by atoms with Gasteiger partial charge in [-0.05, 0) is 43.9 Å². The Morgan fingerprint density at radius 3 is 3.05 bits per heavy atom. The van der Waals surface area contributed by atoms with Crippen molar-refractivity contribution in [3.63, 3.8) is 0 Å². The zero-order chi connectivity index (χ0) is 13.5. The molecule has 2 heterocycles. The van der Waals surface area contributed by atoms with E-state index in [1.807, 2.05) is 6.20 Å². The summed E-state index contributed by atoms with van der Waals surface area (Å²) in [6.45, 7) is 4.03. The van der Waals surface area contributed by atoms with E-state index < -0.39 is 0 Å².